The van der Waals surface area contributed by atoms with Crippen LogP contribution in [0.2, 0.25) is 0 Å². The number of amides is 1. The molecule has 0 atom stereocenters. The van der Waals surface area contributed by atoms with E-state index in [0.29, 0.717) is 22.1 Å². The molecule has 2 aromatic carbocycles. The molecule has 0 spiro atoms. The average molecular weight is 444 g/mol. The highest BCUT2D eigenvalue weighted by atomic mass is 32.2. The van der Waals surface area contributed by atoms with Gasteiger partial charge in [0.2, 0.25) is 0 Å². The second kappa shape index (κ2) is 8.78. The summed E-state index contributed by atoms with van der Waals surface area (Å²) in [5.41, 5.74) is 1.91. The summed E-state index contributed by atoms with van der Waals surface area (Å²) < 4.78 is 39.8. The van der Waals surface area contributed by atoms with Gasteiger partial charge in [-0.1, -0.05) is 24.3 Å². The van der Waals surface area contributed by atoms with E-state index < -0.39 is 21.9 Å². The van der Waals surface area contributed by atoms with Gasteiger partial charge < -0.3 is 18.8 Å². The lowest BCUT2D eigenvalue weighted by atomic mass is 9.99. The van der Waals surface area contributed by atoms with Crippen molar-refractivity contribution in [3.05, 3.63) is 74.3 Å². The molecule has 0 aliphatic carbocycles. The summed E-state index contributed by atoms with van der Waals surface area (Å²) >= 11 is 0. The lowest BCUT2D eigenvalue weighted by Gasteiger charge is -2.21. The van der Waals surface area contributed by atoms with E-state index in [9.17, 15) is 18.0 Å². The Labute approximate surface area is 179 Å². The van der Waals surface area contributed by atoms with Crippen LogP contribution in [-0.2, 0) is 16.6 Å². The van der Waals surface area contributed by atoms with Crippen molar-refractivity contribution in [2.75, 3.05) is 21.1 Å². The molecule has 0 aliphatic heterocycles. The van der Waals surface area contributed by atoms with Crippen molar-refractivity contribution >= 4 is 33.0 Å². The normalized spacial score (nSPS) is 11.4. The van der Waals surface area contributed by atoms with Gasteiger partial charge in [0.05, 0.1) is 0 Å². The van der Waals surface area contributed by atoms with Crippen LogP contribution in [0.3, 0.4) is 0 Å². The molecule has 1 aromatic heterocycles. The van der Waals surface area contributed by atoms with Crippen molar-refractivity contribution < 1.29 is 22.4 Å². The summed E-state index contributed by atoms with van der Waals surface area (Å²) in [6.07, 6.45) is -0.301. The Morgan fingerprint density at radius 3 is 2.61 bits per heavy atom. The van der Waals surface area contributed by atoms with Crippen LogP contribution in [0.1, 0.15) is 16.7 Å². The Morgan fingerprint density at radius 1 is 1.19 bits per heavy atom. The molecule has 1 amide bonds. The fourth-order valence-electron chi connectivity index (χ4n) is 2.95. The molecule has 9 nitrogen and oxygen atoms in total. The zero-order valence-corrected chi connectivity index (χ0v) is 18.3. The molecule has 1 N–H and O–H groups in total. The number of aryl methyl sites for hydroxylation is 1. The van der Waals surface area contributed by atoms with Crippen molar-refractivity contribution in [3.63, 3.8) is 0 Å². The summed E-state index contributed by atoms with van der Waals surface area (Å²) in [6, 6.07) is 11.5. The van der Waals surface area contributed by atoms with Gasteiger partial charge in [0.15, 0.2) is 10.2 Å². The number of carbonyl (C=O) groups excluding carboxylic acids is 1. The van der Waals surface area contributed by atoms with Crippen molar-refractivity contribution in [1.82, 2.24) is 9.62 Å². The van der Waals surface area contributed by atoms with E-state index in [1.165, 1.54) is 18.0 Å². The monoisotopic (exact) mass is 444 g/mol. The van der Waals surface area contributed by atoms with Crippen molar-refractivity contribution in [2.45, 2.75) is 13.3 Å². The topological polar surface area (TPSA) is 120 Å². The number of hydrogen-bond donors (Lipinski definition) is 1. The summed E-state index contributed by atoms with van der Waals surface area (Å²) in [7, 11) is 0.639. The lowest BCUT2D eigenvalue weighted by Crippen LogP contribution is -2.25. The summed E-state index contributed by atoms with van der Waals surface area (Å²) in [5.74, 6) is 0.265. The van der Waals surface area contributed by atoms with Crippen LogP contribution in [0.15, 0.2) is 51.7 Å². The highest BCUT2D eigenvalue weighted by Crippen LogP contribution is 2.27. The molecule has 31 heavy (non-hydrogen) atoms. The van der Waals surface area contributed by atoms with Gasteiger partial charge in [0, 0.05) is 37.5 Å². The van der Waals surface area contributed by atoms with Gasteiger partial charge in [0.1, 0.15) is 11.3 Å². The highest BCUT2D eigenvalue weighted by Gasteiger charge is 2.14. The van der Waals surface area contributed by atoms with Crippen molar-refractivity contribution in [3.8, 4) is 5.75 Å². The number of hydrogen-bond acceptors (Lipinski definition) is 6. The molecule has 0 radical (unpaired) electrons. The van der Waals surface area contributed by atoms with Crippen LogP contribution in [0.25, 0.3) is 15.7 Å². The minimum Gasteiger partial charge on any atom is -0.564 e. The third kappa shape index (κ3) is 5.22. The van der Waals surface area contributed by atoms with Crippen LogP contribution in [0.5, 0.6) is 5.75 Å². The molecule has 3 aromatic rings. The number of ether oxygens (including phenoxy) is 1. The molecule has 0 saturated carbocycles. The van der Waals surface area contributed by atoms with Gasteiger partial charge in [-0.25, -0.2) is 22.7 Å². The quantitative estimate of drug-likeness (QED) is 0.583. The number of nitrogens with zero attached hydrogens (tertiary/aromatic N) is 2. The standard InChI is InChI=1S/C21H22N3O6S/c1-13-17-9-8-16(29-21(26)24(3)4)12-19(17)30-20(25)18(13)11-14-6-5-7-15(10-14)23-31(27,28)22-2/h5-10,12,22H,11H2,1-4H3/q-1. The predicted molar refractivity (Wildman–Crippen MR) is 117 cm³/mol. The highest BCUT2D eigenvalue weighted by molar-refractivity contribution is 7.92. The molecular formula is C21H22N3O6S-. The minimum atomic E-state index is -3.77. The van der Waals surface area contributed by atoms with E-state index in [2.05, 4.69) is 9.44 Å². The molecule has 0 unspecified atom stereocenters. The van der Waals surface area contributed by atoms with E-state index in [4.69, 9.17) is 9.15 Å². The van der Waals surface area contributed by atoms with Gasteiger partial charge in [-0.3, -0.25) is 0 Å². The molecule has 0 aliphatic rings. The molecule has 164 valence electrons. The van der Waals surface area contributed by atoms with E-state index in [-0.39, 0.29) is 17.9 Å². The molecular weight excluding hydrogens is 422 g/mol. The van der Waals surface area contributed by atoms with E-state index >= 15 is 0 Å². The zero-order valence-electron chi connectivity index (χ0n) is 17.5. The third-order valence-electron chi connectivity index (χ3n) is 4.60. The first-order chi connectivity index (χ1) is 14.6. The van der Waals surface area contributed by atoms with Gasteiger partial charge in [-0.2, -0.15) is 0 Å². The van der Waals surface area contributed by atoms with E-state index in [0.717, 1.165) is 5.56 Å². The minimum absolute atomic E-state index is 0.241. The Morgan fingerprint density at radius 2 is 1.94 bits per heavy atom. The fraction of sp³-hybridized carbons (Fsp3) is 0.238. The molecule has 3 rings (SSSR count). The van der Waals surface area contributed by atoms with Gasteiger partial charge >= 0.3 is 11.7 Å². The van der Waals surface area contributed by atoms with Gasteiger partial charge in [0.25, 0.3) is 0 Å². The smallest absolute Gasteiger partial charge is 0.414 e. The second-order valence-corrected chi connectivity index (χ2v) is 8.57. The summed E-state index contributed by atoms with van der Waals surface area (Å²) in [4.78, 5) is 25.7. The number of fused-ring (bicyclic) bond motifs is 1. The maximum atomic E-state index is 12.6. The Hall–Kier alpha value is -3.37. The third-order valence-corrected chi connectivity index (χ3v) is 5.57. The first-order valence-corrected chi connectivity index (χ1v) is 10.7. The number of rotatable bonds is 6. The number of benzene rings is 2. The Kier molecular flexibility index (Phi) is 6.32. The maximum absolute atomic E-state index is 12.6. The largest absolute Gasteiger partial charge is 0.564 e. The lowest BCUT2D eigenvalue weighted by molar-refractivity contribution is 0.172. The first kappa shape index (κ1) is 22.3. The van der Waals surface area contributed by atoms with Crippen LogP contribution in [-0.4, -0.2) is 40.6 Å². The Balaban J connectivity index is 1.93. The molecule has 0 fully saturated rings. The summed E-state index contributed by atoms with van der Waals surface area (Å²) in [6.45, 7) is 1.81. The molecule has 0 bridgehead atoms. The van der Waals surface area contributed by atoms with Crippen LogP contribution in [0, 0.1) is 6.92 Å². The Bertz CT molecular complexity index is 1300. The summed E-state index contributed by atoms with van der Waals surface area (Å²) in [5, 5.41) is 0.706. The number of carbonyl (C=O) groups is 1. The zero-order chi connectivity index (χ0) is 22.8. The SMILES string of the molecule is CNS(=O)(=O)[N-]c1cccc(Cc2c(C)c3ccc(OC(=O)N(C)C)cc3oc2=O)c1. The second-order valence-electron chi connectivity index (χ2n) is 7.03. The van der Waals surface area contributed by atoms with Gasteiger partial charge in [-0.15, -0.1) is 5.69 Å². The van der Waals surface area contributed by atoms with Crippen LogP contribution < -0.4 is 15.1 Å². The molecule has 10 heteroatoms. The van der Waals surface area contributed by atoms with Crippen molar-refractivity contribution in [2.24, 2.45) is 0 Å². The first-order valence-electron chi connectivity index (χ1n) is 9.30. The van der Waals surface area contributed by atoms with E-state index in [1.807, 2.05) is 0 Å². The predicted octanol–water partition coefficient (Wildman–Crippen LogP) is 3.22. The fourth-order valence-corrected chi connectivity index (χ4v) is 3.43. The molecule has 0 saturated heterocycles. The van der Waals surface area contributed by atoms with E-state index in [1.54, 1.807) is 57.4 Å². The average Bonchev–Trinajstić information content (AvgIpc) is 2.71. The van der Waals surface area contributed by atoms with Gasteiger partial charge in [-0.05, 0) is 37.2 Å². The number of nitrogens with one attached hydrogen (secondary N) is 1. The molecule has 1 heterocycles. The maximum Gasteiger partial charge on any atom is 0.414 e. The van der Waals surface area contributed by atoms with Crippen LogP contribution >= 0.6 is 0 Å². The van der Waals surface area contributed by atoms with Crippen molar-refractivity contribution in [1.29, 1.82) is 0 Å². The van der Waals surface area contributed by atoms with Crippen LogP contribution in [0.4, 0.5) is 10.5 Å².